The molecular weight excluding hydrogens is 232 g/mol. The van der Waals surface area contributed by atoms with Crippen molar-refractivity contribution < 1.29 is 14.7 Å². The van der Waals surface area contributed by atoms with Gasteiger partial charge in [-0.15, -0.1) is 0 Å². The van der Waals surface area contributed by atoms with Gasteiger partial charge in [0.1, 0.15) is 0 Å². The molecule has 0 aliphatic carbocycles. The second-order valence-corrected chi connectivity index (χ2v) is 6.71. The van der Waals surface area contributed by atoms with Gasteiger partial charge in [0.25, 0.3) is 0 Å². The first-order chi connectivity index (χ1) is 7.79. The number of carbonyl (C=O) groups is 2. The fourth-order valence-electron chi connectivity index (χ4n) is 1.16. The topological polar surface area (TPSA) is 78.4 Å². The van der Waals surface area contributed by atoms with Crippen LogP contribution in [0.25, 0.3) is 0 Å². The van der Waals surface area contributed by atoms with Crippen molar-refractivity contribution in [3.05, 3.63) is 0 Å². The molecule has 0 unspecified atom stereocenters. The molecule has 0 spiro atoms. The molecule has 106 valence electrons. The third-order valence-corrected chi connectivity index (χ3v) is 3.33. The zero-order valence-electron chi connectivity index (χ0n) is 12.5. The highest BCUT2D eigenvalue weighted by molar-refractivity contribution is 5.81. The summed E-state index contributed by atoms with van der Waals surface area (Å²) in [6.07, 6.45) is 0. The maximum Gasteiger partial charge on any atom is 0.311 e. The van der Waals surface area contributed by atoms with Crippen molar-refractivity contribution in [1.29, 1.82) is 0 Å². The summed E-state index contributed by atoms with van der Waals surface area (Å²) in [5, 5.41) is 15.0. The molecule has 0 saturated heterocycles. The molecule has 0 radical (unpaired) electrons. The van der Waals surface area contributed by atoms with Crippen molar-refractivity contribution in [2.75, 3.05) is 6.54 Å². The van der Waals surface area contributed by atoms with Gasteiger partial charge in [0.05, 0.1) is 17.5 Å². The minimum absolute atomic E-state index is 0.149. The van der Waals surface area contributed by atoms with E-state index in [1.807, 2.05) is 20.8 Å². The second kappa shape index (κ2) is 5.26. The molecule has 0 aliphatic heterocycles. The third-order valence-electron chi connectivity index (χ3n) is 3.33. The first-order valence-electron chi connectivity index (χ1n) is 6.09. The summed E-state index contributed by atoms with van der Waals surface area (Å²) < 4.78 is 0. The Hall–Kier alpha value is -1.10. The summed E-state index contributed by atoms with van der Waals surface area (Å²) in [6, 6.07) is 0. The van der Waals surface area contributed by atoms with Crippen LogP contribution in [0.3, 0.4) is 0 Å². The molecule has 0 rings (SSSR count). The molecule has 0 saturated carbocycles. The van der Waals surface area contributed by atoms with E-state index in [2.05, 4.69) is 10.6 Å². The molecule has 18 heavy (non-hydrogen) atoms. The van der Waals surface area contributed by atoms with Crippen molar-refractivity contribution in [2.24, 2.45) is 5.41 Å². The quantitative estimate of drug-likeness (QED) is 0.696. The van der Waals surface area contributed by atoms with Gasteiger partial charge < -0.3 is 15.7 Å². The molecule has 3 N–H and O–H groups in total. The molecule has 0 aromatic carbocycles. The standard InChI is InChI=1S/C13H26N2O3/c1-11(2,3)14-8-9(16)15-13(6,7)12(4,5)10(17)18/h14H,8H2,1-7H3,(H,15,16)(H,17,18). The minimum atomic E-state index is -1.04. The van der Waals surface area contributed by atoms with E-state index >= 15 is 0 Å². The Kier molecular flexibility index (Phi) is 4.94. The van der Waals surface area contributed by atoms with E-state index in [1.165, 1.54) is 0 Å². The fourth-order valence-corrected chi connectivity index (χ4v) is 1.16. The van der Waals surface area contributed by atoms with E-state index in [-0.39, 0.29) is 18.0 Å². The first kappa shape index (κ1) is 16.9. The van der Waals surface area contributed by atoms with E-state index in [1.54, 1.807) is 27.7 Å². The number of carbonyl (C=O) groups excluding carboxylic acids is 1. The number of hydrogen-bond donors (Lipinski definition) is 3. The Labute approximate surface area is 109 Å². The predicted molar refractivity (Wildman–Crippen MR) is 71.4 cm³/mol. The number of hydrogen-bond acceptors (Lipinski definition) is 3. The van der Waals surface area contributed by atoms with Crippen LogP contribution in [0.2, 0.25) is 0 Å². The SMILES string of the molecule is CC(C)(C)NCC(=O)NC(C)(C)C(C)(C)C(=O)O. The Balaban J connectivity index is 4.60. The van der Waals surface area contributed by atoms with Gasteiger partial charge in [-0.1, -0.05) is 0 Å². The number of nitrogens with one attached hydrogen (secondary N) is 2. The van der Waals surface area contributed by atoms with Crippen LogP contribution in [-0.2, 0) is 9.59 Å². The maximum absolute atomic E-state index is 11.8. The number of carboxylic acids is 1. The predicted octanol–water partition coefficient (Wildman–Crippen LogP) is 1.38. The monoisotopic (exact) mass is 258 g/mol. The Morgan fingerprint density at radius 1 is 1.00 bits per heavy atom. The maximum atomic E-state index is 11.8. The average Bonchev–Trinajstić information content (AvgIpc) is 2.12. The summed E-state index contributed by atoms with van der Waals surface area (Å²) in [6.45, 7) is 12.7. The van der Waals surface area contributed by atoms with Crippen molar-refractivity contribution in [3.8, 4) is 0 Å². The van der Waals surface area contributed by atoms with Crippen LogP contribution in [0.4, 0.5) is 0 Å². The lowest BCUT2D eigenvalue weighted by atomic mass is 9.74. The zero-order valence-corrected chi connectivity index (χ0v) is 12.5. The highest BCUT2D eigenvalue weighted by Gasteiger charge is 2.44. The van der Waals surface area contributed by atoms with Gasteiger partial charge in [0.2, 0.25) is 5.91 Å². The lowest BCUT2D eigenvalue weighted by molar-refractivity contribution is -0.151. The summed E-state index contributed by atoms with van der Waals surface area (Å²) in [7, 11) is 0. The molecule has 0 fully saturated rings. The van der Waals surface area contributed by atoms with Crippen LogP contribution in [0.1, 0.15) is 48.5 Å². The van der Waals surface area contributed by atoms with Gasteiger partial charge in [-0.05, 0) is 48.5 Å². The Morgan fingerprint density at radius 2 is 1.44 bits per heavy atom. The minimum Gasteiger partial charge on any atom is -0.481 e. The number of carboxylic acid groups (broad SMARTS) is 1. The second-order valence-electron chi connectivity index (χ2n) is 6.71. The largest absolute Gasteiger partial charge is 0.481 e. The van der Waals surface area contributed by atoms with Crippen LogP contribution >= 0.6 is 0 Å². The highest BCUT2D eigenvalue weighted by Crippen LogP contribution is 2.30. The van der Waals surface area contributed by atoms with Crippen molar-refractivity contribution in [1.82, 2.24) is 10.6 Å². The summed E-state index contributed by atoms with van der Waals surface area (Å²) >= 11 is 0. The van der Waals surface area contributed by atoms with Crippen LogP contribution < -0.4 is 10.6 Å². The Bertz CT molecular complexity index is 328. The normalized spacial score (nSPS) is 13.3. The number of rotatable bonds is 5. The molecular formula is C13H26N2O3. The van der Waals surface area contributed by atoms with Crippen LogP contribution in [-0.4, -0.2) is 34.6 Å². The molecule has 5 nitrogen and oxygen atoms in total. The van der Waals surface area contributed by atoms with E-state index in [9.17, 15) is 14.7 Å². The molecule has 0 aromatic rings. The van der Waals surface area contributed by atoms with Crippen LogP contribution in [0.5, 0.6) is 0 Å². The average molecular weight is 258 g/mol. The summed E-state index contributed by atoms with van der Waals surface area (Å²) in [5.41, 5.74) is -2.01. The van der Waals surface area contributed by atoms with Gasteiger partial charge in [-0.25, -0.2) is 0 Å². The van der Waals surface area contributed by atoms with Crippen LogP contribution in [0, 0.1) is 5.41 Å². The summed E-state index contributed by atoms with van der Waals surface area (Å²) in [5.74, 6) is -1.14. The molecule has 5 heteroatoms. The zero-order chi connectivity index (χ0) is 14.8. The van der Waals surface area contributed by atoms with Gasteiger partial charge >= 0.3 is 5.97 Å². The lowest BCUT2D eigenvalue weighted by Gasteiger charge is -2.39. The number of amides is 1. The van der Waals surface area contributed by atoms with E-state index < -0.39 is 16.9 Å². The van der Waals surface area contributed by atoms with Crippen molar-refractivity contribution >= 4 is 11.9 Å². The first-order valence-corrected chi connectivity index (χ1v) is 6.09. The molecule has 0 bridgehead atoms. The van der Waals surface area contributed by atoms with Gasteiger partial charge in [-0.3, -0.25) is 9.59 Å². The Morgan fingerprint density at radius 3 is 1.78 bits per heavy atom. The molecule has 1 amide bonds. The summed E-state index contributed by atoms with van der Waals surface area (Å²) in [4.78, 5) is 23.0. The fraction of sp³-hybridized carbons (Fsp3) is 0.846. The molecule has 0 aliphatic rings. The van der Waals surface area contributed by atoms with Gasteiger partial charge in [-0.2, -0.15) is 0 Å². The highest BCUT2D eigenvalue weighted by atomic mass is 16.4. The molecule has 0 aromatic heterocycles. The van der Waals surface area contributed by atoms with Crippen molar-refractivity contribution in [2.45, 2.75) is 59.5 Å². The smallest absolute Gasteiger partial charge is 0.311 e. The molecule has 0 atom stereocenters. The lowest BCUT2D eigenvalue weighted by Crippen LogP contribution is -2.59. The van der Waals surface area contributed by atoms with E-state index in [0.29, 0.717) is 0 Å². The van der Waals surface area contributed by atoms with E-state index in [0.717, 1.165) is 0 Å². The van der Waals surface area contributed by atoms with Gasteiger partial charge in [0, 0.05) is 5.54 Å². The molecule has 0 heterocycles. The van der Waals surface area contributed by atoms with Crippen molar-refractivity contribution in [3.63, 3.8) is 0 Å². The van der Waals surface area contributed by atoms with Crippen LogP contribution in [0.15, 0.2) is 0 Å². The number of aliphatic carboxylic acids is 1. The van der Waals surface area contributed by atoms with Gasteiger partial charge in [0.15, 0.2) is 0 Å². The third kappa shape index (κ3) is 4.64. The van der Waals surface area contributed by atoms with E-state index in [4.69, 9.17) is 0 Å².